The van der Waals surface area contributed by atoms with Gasteiger partial charge in [0.1, 0.15) is 18.6 Å². The van der Waals surface area contributed by atoms with E-state index in [1.54, 1.807) is 0 Å². The molecule has 0 aromatic rings. The molecule has 0 amide bonds. The highest BCUT2D eigenvalue weighted by Gasteiger charge is 2.63. The minimum atomic E-state index is -4.01. The third-order valence-electron chi connectivity index (χ3n) is 4.74. The van der Waals surface area contributed by atoms with Gasteiger partial charge in [-0.3, -0.25) is 9.59 Å². The average molecular weight is 626 g/mol. The van der Waals surface area contributed by atoms with Crippen molar-refractivity contribution >= 4 is 59.7 Å². The second-order valence-electron chi connectivity index (χ2n) is 7.82. The zero-order chi connectivity index (χ0) is 32.3. The molecule has 2 fully saturated rings. The smallest absolute Gasteiger partial charge is 0.413 e. The summed E-state index contributed by atoms with van der Waals surface area (Å²) in [6.45, 7) is -1.45. The van der Waals surface area contributed by atoms with Gasteiger partial charge in [0.15, 0.2) is 0 Å². The third kappa shape index (κ3) is 9.03. The number of aliphatic hydroxyl groups is 3. The highest BCUT2D eigenvalue weighted by Crippen LogP contribution is 2.26. The van der Waals surface area contributed by atoms with Gasteiger partial charge in [-0.1, -0.05) is 0 Å². The van der Waals surface area contributed by atoms with Gasteiger partial charge in [-0.05, 0) is 0 Å². The van der Waals surface area contributed by atoms with E-state index in [0.717, 1.165) is 0 Å². The number of carbonyl (C=O) groups excluding carboxylic acids is 10. The van der Waals surface area contributed by atoms with Crippen LogP contribution in [0.4, 0.5) is 0 Å². The van der Waals surface area contributed by atoms with E-state index in [4.69, 9.17) is 0 Å². The van der Waals surface area contributed by atoms with E-state index in [1.807, 2.05) is 0 Å². The summed E-state index contributed by atoms with van der Waals surface area (Å²) in [6, 6.07) is 0. The summed E-state index contributed by atoms with van der Waals surface area (Å²) in [5.41, 5.74) is -4.01. The molecule has 2 unspecified atom stereocenters. The van der Waals surface area contributed by atoms with E-state index in [1.165, 1.54) is 0 Å². The van der Waals surface area contributed by atoms with Crippen LogP contribution in [0.5, 0.6) is 0 Å². The molecule has 23 heteroatoms. The molecule has 2 aliphatic heterocycles. The number of hydrogen-bond donors (Lipinski definition) is 3. The van der Waals surface area contributed by atoms with E-state index >= 15 is 0 Å². The molecule has 0 spiro atoms. The quantitative estimate of drug-likeness (QED) is 0.135. The Bertz CT molecular complexity index is 1120. The van der Waals surface area contributed by atoms with Gasteiger partial charge in [-0.25, -0.2) is 77.5 Å². The Kier molecular flexibility index (Phi) is 11.8. The van der Waals surface area contributed by atoms with Gasteiger partial charge >= 0.3 is 71.4 Å². The molecule has 2 saturated heterocycles. The number of hydrogen-bond acceptors (Lipinski definition) is 23. The van der Waals surface area contributed by atoms with Crippen LogP contribution < -0.4 is 0 Å². The van der Waals surface area contributed by atoms with E-state index in [0.29, 0.717) is 0 Å². The first-order valence-corrected chi connectivity index (χ1v) is 11.3. The molecule has 236 valence electrons. The number of rotatable bonds is 7. The fraction of sp³-hybridized carbons (Fsp3) is 0.500. The van der Waals surface area contributed by atoms with Crippen LogP contribution in [0.1, 0.15) is 32.1 Å². The molecule has 23 nitrogen and oxygen atoms in total. The maximum Gasteiger partial charge on any atom is 0.413 e. The average Bonchev–Trinajstić information content (AvgIpc) is 3.00. The summed E-state index contributed by atoms with van der Waals surface area (Å²) in [4.78, 5) is 153. The van der Waals surface area contributed by atoms with Crippen molar-refractivity contribution in [2.75, 3.05) is 6.61 Å². The van der Waals surface area contributed by atoms with Crippen LogP contribution in [0, 0.1) is 0 Å². The topological polar surface area (TPSA) is 324 Å². The van der Waals surface area contributed by atoms with Gasteiger partial charge in [-0.15, -0.1) is 0 Å². The maximum atomic E-state index is 12.7. The second-order valence-corrected chi connectivity index (χ2v) is 7.82. The molecule has 0 bridgehead atoms. The molecule has 3 N–H and O–H groups in total. The summed E-state index contributed by atoms with van der Waals surface area (Å²) in [7, 11) is 0. The van der Waals surface area contributed by atoms with Gasteiger partial charge in [0.2, 0.25) is 0 Å². The van der Waals surface area contributed by atoms with Crippen molar-refractivity contribution in [3.8, 4) is 0 Å². The van der Waals surface area contributed by atoms with E-state index in [-0.39, 0.29) is 0 Å². The predicted molar refractivity (Wildman–Crippen MR) is 110 cm³/mol. The minimum Gasteiger partial charge on any atom is -0.437 e. The fourth-order valence-electron chi connectivity index (χ4n) is 2.67. The van der Waals surface area contributed by atoms with Gasteiger partial charge in [0.25, 0.3) is 0 Å². The van der Waals surface area contributed by atoms with Gasteiger partial charge < -0.3 is 24.8 Å². The summed E-state index contributed by atoms with van der Waals surface area (Å²) in [6.07, 6.45) is -13.3. The van der Waals surface area contributed by atoms with Crippen molar-refractivity contribution in [1.82, 2.24) is 0 Å². The molecule has 0 radical (unpaired) electrons. The van der Waals surface area contributed by atoms with Crippen molar-refractivity contribution in [3.63, 3.8) is 0 Å². The lowest BCUT2D eigenvalue weighted by molar-refractivity contribution is -0.294. The Balaban J connectivity index is 2.32. The number of aliphatic hydroxyl groups excluding tert-OH is 3. The molecular weight excluding hydrogens is 608 g/mol. The Morgan fingerprint density at radius 1 is 0.674 bits per heavy atom. The second kappa shape index (κ2) is 15.0. The van der Waals surface area contributed by atoms with E-state index in [2.05, 4.69) is 48.6 Å². The zero-order valence-electron chi connectivity index (χ0n) is 21.0. The fourth-order valence-corrected chi connectivity index (χ4v) is 2.67. The van der Waals surface area contributed by atoms with Crippen molar-refractivity contribution in [2.45, 2.75) is 56.0 Å². The van der Waals surface area contributed by atoms with Crippen LogP contribution in [-0.2, 0) is 96.5 Å². The van der Waals surface area contributed by atoms with E-state index in [9.17, 15) is 63.3 Å². The lowest BCUT2D eigenvalue weighted by atomic mass is 9.92. The first kappa shape index (κ1) is 33.8. The zero-order valence-corrected chi connectivity index (χ0v) is 21.0. The van der Waals surface area contributed by atoms with E-state index < -0.39 is 122 Å². The molecule has 2 rings (SSSR count). The molecular formula is C20H18O23. The normalized spacial score (nSPS) is 20.3. The molecule has 0 saturated carbocycles. The predicted octanol–water partition coefficient (Wildman–Crippen LogP) is -5.12. The summed E-state index contributed by atoms with van der Waals surface area (Å²) >= 11 is 0. The highest BCUT2D eigenvalue weighted by atomic mass is 17.2. The third-order valence-corrected chi connectivity index (χ3v) is 4.74. The molecule has 2 heterocycles. The first-order valence-electron chi connectivity index (χ1n) is 11.3. The molecule has 2 atom stereocenters. The Morgan fingerprint density at radius 3 is 1.47 bits per heavy atom. The molecule has 43 heavy (non-hydrogen) atoms. The SMILES string of the molecule is O=C1CCC(=O)OOC(=O)C(OC(=O)CC(=O)OC2(C(O)C(O)CO)C(=O)OOC(=O)CCC(=O)OOC2=O)C(=O)OO1. The van der Waals surface area contributed by atoms with Gasteiger partial charge in [-0.2, -0.15) is 0 Å². The standard InChI is InChI=1S/C20H18O23/c21-6-7(22)15(29)20(18(32)42-38-10(25)3-4-11(26)39-43-19(20)33)35-13(28)5-12(27)34-14-16(30)40-36-8(23)1-2-9(24)37-41-17(14)31/h7,14-15,21-22,29H,1-6H2. The van der Waals surface area contributed by atoms with Gasteiger partial charge in [0.05, 0.1) is 32.3 Å². The Labute approximate surface area is 235 Å². The monoisotopic (exact) mass is 626 g/mol. The maximum absolute atomic E-state index is 12.7. The Morgan fingerprint density at radius 2 is 1.07 bits per heavy atom. The molecule has 0 aliphatic carbocycles. The summed E-state index contributed by atoms with van der Waals surface area (Å²) < 4.78 is 8.87. The number of ether oxygens (including phenoxy) is 2. The Hall–Kier alpha value is -5.42. The highest BCUT2D eigenvalue weighted by molar-refractivity contribution is 6.07. The molecule has 2 aliphatic rings. The van der Waals surface area contributed by atoms with Crippen molar-refractivity contribution in [2.24, 2.45) is 0 Å². The van der Waals surface area contributed by atoms with Crippen molar-refractivity contribution in [3.05, 3.63) is 0 Å². The molecule has 0 aromatic carbocycles. The van der Waals surface area contributed by atoms with Crippen molar-refractivity contribution in [1.29, 1.82) is 0 Å². The first-order chi connectivity index (χ1) is 20.2. The lowest BCUT2D eigenvalue weighted by Gasteiger charge is -2.32. The summed E-state index contributed by atoms with van der Waals surface area (Å²) in [5, 5.41) is 29.4. The minimum absolute atomic E-state index is 0.707. The summed E-state index contributed by atoms with van der Waals surface area (Å²) in [5.74, 6) is -18.2. The lowest BCUT2D eigenvalue weighted by Crippen LogP contribution is -2.64. The van der Waals surface area contributed by atoms with Crippen LogP contribution in [0.2, 0.25) is 0 Å². The van der Waals surface area contributed by atoms with Crippen molar-refractivity contribution < 1.29 is 112 Å². The van der Waals surface area contributed by atoms with Crippen LogP contribution in [-0.4, -0.2) is 106 Å². The number of esters is 2. The number of carbonyl (C=O) groups is 10. The van der Waals surface area contributed by atoms with Crippen LogP contribution in [0.3, 0.4) is 0 Å². The van der Waals surface area contributed by atoms with Crippen LogP contribution in [0.25, 0.3) is 0 Å². The van der Waals surface area contributed by atoms with Crippen LogP contribution in [0.15, 0.2) is 0 Å². The molecule has 0 aromatic heterocycles. The largest absolute Gasteiger partial charge is 0.437 e. The van der Waals surface area contributed by atoms with Crippen LogP contribution >= 0.6 is 0 Å². The van der Waals surface area contributed by atoms with Gasteiger partial charge in [0, 0.05) is 0 Å².